The van der Waals surface area contributed by atoms with Crippen LogP contribution in [0.3, 0.4) is 0 Å². The molecule has 0 aliphatic carbocycles. The molecule has 0 saturated carbocycles. The van der Waals surface area contributed by atoms with Gasteiger partial charge in [0.1, 0.15) is 5.03 Å². The summed E-state index contributed by atoms with van der Waals surface area (Å²) in [7, 11) is 0. The van der Waals surface area contributed by atoms with Crippen molar-refractivity contribution in [2.45, 2.75) is 30.6 Å². The molecular weight excluding hydrogens is 391 g/mol. The Morgan fingerprint density at radius 2 is 2.04 bits per heavy atom. The number of hydrogen-bond donors (Lipinski definition) is 1. The average molecular weight is 412 g/mol. The summed E-state index contributed by atoms with van der Waals surface area (Å²) in [6.07, 6.45) is -3.78. The van der Waals surface area contributed by atoms with E-state index in [1.807, 2.05) is 13.8 Å². The van der Waals surface area contributed by atoms with E-state index in [1.165, 1.54) is 0 Å². The maximum Gasteiger partial charge on any atom is 0.417 e. The lowest BCUT2D eigenvalue weighted by Gasteiger charge is -2.40. The van der Waals surface area contributed by atoms with Crippen LogP contribution in [0.1, 0.15) is 19.4 Å². The standard InChI is InChI=1S/C16H21ClF3N3O2S/c1-15(2,23-3-5-25-6-4-23)10-22-13(24)9-26-14-12(17)7-11(8-21-14)16(18,19)20/h7-8H,3-6,9-10H2,1-2H3,(H,22,24). The van der Waals surface area contributed by atoms with Gasteiger partial charge in [0, 0.05) is 31.4 Å². The molecular formula is C16H21ClF3N3O2S. The first kappa shape index (κ1) is 21.3. The molecule has 1 aliphatic heterocycles. The molecule has 26 heavy (non-hydrogen) atoms. The molecule has 1 aliphatic rings. The van der Waals surface area contributed by atoms with Gasteiger partial charge in [-0.05, 0) is 19.9 Å². The van der Waals surface area contributed by atoms with E-state index in [4.69, 9.17) is 16.3 Å². The maximum absolute atomic E-state index is 12.6. The van der Waals surface area contributed by atoms with E-state index >= 15 is 0 Å². The van der Waals surface area contributed by atoms with Gasteiger partial charge < -0.3 is 10.1 Å². The lowest BCUT2D eigenvalue weighted by atomic mass is 10.0. The molecule has 0 aromatic carbocycles. The number of thioether (sulfide) groups is 1. The normalized spacial score (nSPS) is 16.5. The van der Waals surface area contributed by atoms with Crippen LogP contribution < -0.4 is 5.32 Å². The minimum absolute atomic E-state index is 0.0251. The smallest absolute Gasteiger partial charge is 0.379 e. The number of alkyl halides is 3. The number of aromatic nitrogens is 1. The molecule has 1 aromatic heterocycles. The Kier molecular flexibility index (Phi) is 7.18. The minimum atomic E-state index is -4.50. The highest BCUT2D eigenvalue weighted by atomic mass is 35.5. The third-order valence-corrected chi connectivity index (χ3v) is 5.47. The van der Waals surface area contributed by atoms with Crippen molar-refractivity contribution in [3.63, 3.8) is 0 Å². The van der Waals surface area contributed by atoms with E-state index < -0.39 is 11.7 Å². The van der Waals surface area contributed by atoms with Crippen LogP contribution in [0.15, 0.2) is 17.3 Å². The van der Waals surface area contributed by atoms with Gasteiger partial charge in [-0.1, -0.05) is 23.4 Å². The summed E-state index contributed by atoms with van der Waals surface area (Å²) in [5.74, 6) is -0.203. The second kappa shape index (κ2) is 8.77. The zero-order valence-corrected chi connectivity index (χ0v) is 16.1. The molecule has 0 atom stereocenters. The fourth-order valence-corrected chi connectivity index (χ4v) is 3.49. The van der Waals surface area contributed by atoms with Gasteiger partial charge in [0.25, 0.3) is 0 Å². The number of amides is 1. The summed E-state index contributed by atoms with van der Waals surface area (Å²) < 4.78 is 43.1. The summed E-state index contributed by atoms with van der Waals surface area (Å²) in [4.78, 5) is 18.0. The quantitative estimate of drug-likeness (QED) is 0.729. The lowest BCUT2D eigenvalue weighted by Crippen LogP contribution is -2.55. The number of nitrogens with one attached hydrogen (secondary N) is 1. The topological polar surface area (TPSA) is 54.5 Å². The largest absolute Gasteiger partial charge is 0.417 e. The molecule has 0 unspecified atom stereocenters. The molecule has 0 spiro atoms. The van der Waals surface area contributed by atoms with Crippen molar-refractivity contribution < 1.29 is 22.7 Å². The molecule has 1 aromatic rings. The minimum Gasteiger partial charge on any atom is -0.379 e. The van der Waals surface area contributed by atoms with Gasteiger partial charge in [0.15, 0.2) is 0 Å². The first-order valence-corrected chi connectivity index (χ1v) is 9.41. The molecule has 0 radical (unpaired) electrons. The number of rotatable bonds is 6. The molecule has 5 nitrogen and oxygen atoms in total. The van der Waals surface area contributed by atoms with Crippen molar-refractivity contribution in [2.24, 2.45) is 0 Å². The number of carbonyl (C=O) groups excluding carboxylic acids is 1. The predicted octanol–water partition coefficient (Wildman–Crippen LogP) is 3.07. The van der Waals surface area contributed by atoms with E-state index in [2.05, 4.69) is 15.2 Å². The first-order chi connectivity index (χ1) is 12.1. The van der Waals surface area contributed by atoms with E-state index in [-0.39, 0.29) is 27.2 Å². The van der Waals surface area contributed by atoms with E-state index in [9.17, 15) is 18.0 Å². The van der Waals surface area contributed by atoms with E-state index in [0.29, 0.717) is 26.0 Å². The Bertz CT molecular complexity index is 638. The summed E-state index contributed by atoms with van der Waals surface area (Å²) >= 11 is 6.84. The van der Waals surface area contributed by atoms with Crippen molar-refractivity contribution >= 4 is 29.3 Å². The van der Waals surface area contributed by atoms with Crippen LogP contribution in [0.25, 0.3) is 0 Å². The molecule has 1 N–H and O–H groups in total. The Labute approximate surface area is 159 Å². The lowest BCUT2D eigenvalue weighted by molar-refractivity contribution is -0.137. The van der Waals surface area contributed by atoms with Crippen LogP contribution in [-0.4, -0.2) is 59.9 Å². The molecule has 1 saturated heterocycles. The van der Waals surface area contributed by atoms with Crippen molar-refractivity contribution in [1.82, 2.24) is 15.2 Å². The Morgan fingerprint density at radius 3 is 2.62 bits per heavy atom. The number of carbonyl (C=O) groups is 1. The van der Waals surface area contributed by atoms with Crippen molar-refractivity contribution in [2.75, 3.05) is 38.6 Å². The number of pyridine rings is 1. The number of morpholine rings is 1. The monoisotopic (exact) mass is 411 g/mol. The second-order valence-electron chi connectivity index (χ2n) is 6.49. The zero-order valence-electron chi connectivity index (χ0n) is 14.5. The van der Waals surface area contributed by atoms with Crippen LogP contribution in [0.5, 0.6) is 0 Å². The second-order valence-corrected chi connectivity index (χ2v) is 7.86. The number of ether oxygens (including phenoxy) is 1. The number of halogens is 4. The van der Waals surface area contributed by atoms with Crippen LogP contribution in [0.2, 0.25) is 5.02 Å². The fraction of sp³-hybridized carbons (Fsp3) is 0.625. The van der Waals surface area contributed by atoms with Crippen molar-refractivity contribution in [3.8, 4) is 0 Å². The molecule has 10 heteroatoms. The summed E-state index contributed by atoms with van der Waals surface area (Å²) in [6, 6.07) is 0.816. The van der Waals surface area contributed by atoms with Crippen LogP contribution in [0.4, 0.5) is 13.2 Å². The molecule has 2 rings (SSSR count). The van der Waals surface area contributed by atoms with Crippen LogP contribution in [-0.2, 0) is 15.7 Å². The Morgan fingerprint density at radius 1 is 1.38 bits per heavy atom. The third kappa shape index (κ3) is 6.00. The molecule has 0 bridgehead atoms. The van der Waals surface area contributed by atoms with Crippen molar-refractivity contribution in [1.29, 1.82) is 0 Å². The molecule has 146 valence electrons. The third-order valence-electron chi connectivity index (χ3n) is 4.06. The van der Waals surface area contributed by atoms with Gasteiger partial charge in [0.2, 0.25) is 5.91 Å². The highest BCUT2D eigenvalue weighted by Gasteiger charge is 2.32. The van der Waals surface area contributed by atoms with E-state index in [1.54, 1.807) is 0 Å². The Hall–Kier alpha value is -1.03. The fourth-order valence-electron chi connectivity index (χ4n) is 2.47. The van der Waals surface area contributed by atoms with E-state index in [0.717, 1.165) is 30.9 Å². The first-order valence-electron chi connectivity index (χ1n) is 8.04. The highest BCUT2D eigenvalue weighted by Crippen LogP contribution is 2.33. The predicted molar refractivity (Wildman–Crippen MR) is 94.5 cm³/mol. The Balaban J connectivity index is 1.83. The summed E-state index contributed by atoms with van der Waals surface area (Å²) in [5.41, 5.74) is -1.13. The van der Waals surface area contributed by atoms with Crippen LogP contribution >= 0.6 is 23.4 Å². The van der Waals surface area contributed by atoms with Gasteiger partial charge in [-0.3, -0.25) is 9.69 Å². The van der Waals surface area contributed by atoms with Gasteiger partial charge in [-0.25, -0.2) is 4.98 Å². The molecule has 1 amide bonds. The number of hydrogen-bond acceptors (Lipinski definition) is 5. The summed E-state index contributed by atoms with van der Waals surface area (Å²) in [6.45, 7) is 7.50. The molecule has 1 fully saturated rings. The van der Waals surface area contributed by atoms with Crippen LogP contribution in [0, 0.1) is 0 Å². The van der Waals surface area contributed by atoms with Gasteiger partial charge in [-0.2, -0.15) is 13.2 Å². The zero-order chi connectivity index (χ0) is 19.4. The summed E-state index contributed by atoms with van der Waals surface area (Å²) in [5, 5.41) is 2.93. The highest BCUT2D eigenvalue weighted by molar-refractivity contribution is 8.00. The molecule has 2 heterocycles. The maximum atomic E-state index is 12.6. The number of nitrogens with zero attached hydrogens (tertiary/aromatic N) is 2. The SMILES string of the molecule is CC(C)(CNC(=O)CSc1ncc(C(F)(F)F)cc1Cl)N1CCOCC1. The average Bonchev–Trinajstić information content (AvgIpc) is 2.59. The van der Waals surface area contributed by atoms with Gasteiger partial charge >= 0.3 is 6.18 Å². The van der Waals surface area contributed by atoms with Gasteiger partial charge in [-0.15, -0.1) is 0 Å². The van der Waals surface area contributed by atoms with Gasteiger partial charge in [0.05, 0.1) is 29.6 Å². The van der Waals surface area contributed by atoms with Crippen molar-refractivity contribution in [3.05, 3.63) is 22.8 Å².